The minimum Gasteiger partial charge on any atom is -0.461 e. The van der Waals surface area contributed by atoms with Gasteiger partial charge < -0.3 is 14.1 Å². The van der Waals surface area contributed by atoms with E-state index in [-0.39, 0.29) is 10.4 Å². The Kier molecular flexibility index (Phi) is 4.39. The number of oxazole rings is 1. The summed E-state index contributed by atoms with van der Waals surface area (Å²) in [6, 6.07) is 0.515. The minimum atomic E-state index is -0.429. The van der Waals surface area contributed by atoms with E-state index >= 15 is 0 Å². The first kappa shape index (κ1) is 14.2. The Balaban J connectivity index is 2.04. The van der Waals surface area contributed by atoms with Crippen molar-refractivity contribution in [2.75, 3.05) is 30.3 Å². The summed E-state index contributed by atoms with van der Waals surface area (Å²) in [5.41, 5.74) is 0.244. The molecular weight excluding hydrogens is 264 g/mol. The Morgan fingerprint density at radius 1 is 1.58 bits per heavy atom. The van der Waals surface area contributed by atoms with Crippen LogP contribution in [0.4, 0.5) is 6.01 Å². The average molecular weight is 284 g/mol. The first-order chi connectivity index (χ1) is 9.02. The summed E-state index contributed by atoms with van der Waals surface area (Å²) < 4.78 is 10.6. The van der Waals surface area contributed by atoms with Crippen molar-refractivity contribution in [3.63, 3.8) is 0 Å². The minimum absolute atomic E-state index is 0.244. The quantitative estimate of drug-likeness (QED) is 0.795. The van der Waals surface area contributed by atoms with Crippen LogP contribution in [0.15, 0.2) is 10.7 Å². The lowest BCUT2D eigenvalue weighted by Gasteiger charge is -2.21. The third-order valence-corrected chi connectivity index (χ3v) is 4.46. The highest BCUT2D eigenvalue weighted by molar-refractivity contribution is 8.00. The molecule has 1 fully saturated rings. The van der Waals surface area contributed by atoms with Crippen LogP contribution < -0.4 is 4.90 Å². The van der Waals surface area contributed by atoms with E-state index in [4.69, 9.17) is 9.15 Å². The number of anilines is 1. The fourth-order valence-corrected chi connectivity index (χ4v) is 3.02. The van der Waals surface area contributed by atoms with Crippen molar-refractivity contribution < 1.29 is 13.9 Å². The van der Waals surface area contributed by atoms with Crippen LogP contribution in [-0.2, 0) is 4.74 Å². The molecular formula is C13H20N2O3S. The van der Waals surface area contributed by atoms with Crippen molar-refractivity contribution in [3.8, 4) is 0 Å². The second-order valence-corrected chi connectivity index (χ2v) is 6.88. The van der Waals surface area contributed by atoms with Gasteiger partial charge >= 0.3 is 5.97 Å². The normalized spacial score (nSPS) is 19.0. The lowest BCUT2D eigenvalue weighted by molar-refractivity contribution is 0.0519. The second-order valence-electron chi connectivity index (χ2n) is 5.08. The molecule has 0 aromatic carbocycles. The van der Waals surface area contributed by atoms with Crippen LogP contribution in [0.25, 0.3) is 0 Å². The molecule has 2 rings (SSSR count). The summed E-state index contributed by atoms with van der Waals surface area (Å²) in [4.78, 5) is 17.8. The summed E-state index contributed by atoms with van der Waals surface area (Å²) in [6.45, 7) is 8.39. The van der Waals surface area contributed by atoms with Gasteiger partial charge in [0.2, 0.25) is 0 Å². The van der Waals surface area contributed by atoms with Crippen molar-refractivity contribution in [1.29, 1.82) is 0 Å². The van der Waals surface area contributed by atoms with Gasteiger partial charge in [-0.2, -0.15) is 16.7 Å². The zero-order valence-electron chi connectivity index (χ0n) is 11.6. The third-order valence-electron chi connectivity index (χ3n) is 3.08. The van der Waals surface area contributed by atoms with Crippen molar-refractivity contribution >= 4 is 23.7 Å². The number of carbonyl (C=O) groups excluding carboxylic acids is 1. The molecule has 6 heteroatoms. The van der Waals surface area contributed by atoms with Gasteiger partial charge in [0.1, 0.15) is 6.26 Å². The molecule has 0 saturated carbocycles. The van der Waals surface area contributed by atoms with E-state index in [1.54, 1.807) is 6.92 Å². The molecule has 0 amide bonds. The third kappa shape index (κ3) is 3.65. The number of rotatable bonds is 3. The number of hydrogen-bond donors (Lipinski definition) is 0. The van der Waals surface area contributed by atoms with E-state index in [1.165, 1.54) is 6.26 Å². The summed E-state index contributed by atoms with van der Waals surface area (Å²) >= 11 is 1.96. The molecule has 0 N–H and O–H groups in total. The molecule has 1 saturated heterocycles. The SMILES string of the molecule is CCOC(=O)c1coc(N2CCSC(C)(C)CC2)n1. The molecule has 1 aliphatic rings. The van der Waals surface area contributed by atoms with Gasteiger partial charge in [-0.05, 0) is 13.3 Å². The Morgan fingerprint density at radius 2 is 2.37 bits per heavy atom. The van der Waals surface area contributed by atoms with Gasteiger partial charge in [0.25, 0.3) is 6.01 Å². The Labute approximate surface area is 117 Å². The smallest absolute Gasteiger partial charge is 0.360 e. The van der Waals surface area contributed by atoms with E-state index in [0.717, 1.165) is 25.3 Å². The van der Waals surface area contributed by atoms with Gasteiger partial charge in [-0.25, -0.2) is 4.79 Å². The molecule has 0 unspecified atom stereocenters. The van der Waals surface area contributed by atoms with Crippen LogP contribution in [0.5, 0.6) is 0 Å². The fraction of sp³-hybridized carbons (Fsp3) is 0.692. The number of hydrogen-bond acceptors (Lipinski definition) is 6. The molecule has 0 bridgehead atoms. The lowest BCUT2D eigenvalue weighted by Crippen LogP contribution is -2.27. The molecule has 1 aliphatic heterocycles. The summed E-state index contributed by atoms with van der Waals surface area (Å²) in [6.07, 6.45) is 2.44. The molecule has 0 aliphatic carbocycles. The lowest BCUT2D eigenvalue weighted by atomic mass is 10.1. The largest absolute Gasteiger partial charge is 0.461 e. The molecule has 2 heterocycles. The van der Waals surface area contributed by atoms with Crippen molar-refractivity contribution in [3.05, 3.63) is 12.0 Å². The molecule has 0 spiro atoms. The molecule has 1 aromatic rings. The number of thioether (sulfide) groups is 1. The topological polar surface area (TPSA) is 55.6 Å². The van der Waals surface area contributed by atoms with Crippen LogP contribution in [-0.4, -0.2) is 41.1 Å². The van der Waals surface area contributed by atoms with E-state index in [0.29, 0.717) is 12.6 Å². The number of carbonyl (C=O) groups is 1. The van der Waals surface area contributed by atoms with Gasteiger partial charge in [-0.1, -0.05) is 13.8 Å². The molecule has 0 atom stereocenters. The summed E-state index contributed by atoms with van der Waals surface area (Å²) in [7, 11) is 0. The van der Waals surface area contributed by atoms with Crippen LogP contribution in [0.3, 0.4) is 0 Å². The number of esters is 1. The Morgan fingerprint density at radius 3 is 3.11 bits per heavy atom. The van der Waals surface area contributed by atoms with E-state index in [9.17, 15) is 4.79 Å². The molecule has 5 nitrogen and oxygen atoms in total. The highest BCUT2D eigenvalue weighted by Crippen LogP contribution is 2.32. The molecule has 0 radical (unpaired) electrons. The van der Waals surface area contributed by atoms with Gasteiger partial charge in [-0.15, -0.1) is 0 Å². The van der Waals surface area contributed by atoms with Crippen molar-refractivity contribution in [2.24, 2.45) is 0 Å². The Hall–Kier alpha value is -1.17. The second kappa shape index (κ2) is 5.86. The molecule has 1 aromatic heterocycles. The van der Waals surface area contributed by atoms with Gasteiger partial charge in [-0.3, -0.25) is 0 Å². The number of nitrogens with zero attached hydrogens (tertiary/aromatic N) is 2. The number of aromatic nitrogens is 1. The maximum Gasteiger partial charge on any atom is 0.360 e. The monoisotopic (exact) mass is 284 g/mol. The zero-order valence-corrected chi connectivity index (χ0v) is 12.5. The standard InChI is InChI=1S/C13H20N2O3S/c1-4-17-11(16)10-9-18-12(14-10)15-6-5-13(2,3)19-8-7-15/h9H,4-8H2,1-3H3. The molecule has 19 heavy (non-hydrogen) atoms. The van der Waals surface area contributed by atoms with Gasteiger partial charge in [0, 0.05) is 23.6 Å². The fourth-order valence-electron chi connectivity index (χ4n) is 1.92. The zero-order chi connectivity index (χ0) is 13.9. The van der Waals surface area contributed by atoms with Crippen molar-refractivity contribution in [1.82, 2.24) is 4.98 Å². The van der Waals surface area contributed by atoms with Crippen LogP contribution >= 0.6 is 11.8 Å². The van der Waals surface area contributed by atoms with Crippen LogP contribution in [0, 0.1) is 0 Å². The van der Waals surface area contributed by atoms with Crippen molar-refractivity contribution in [2.45, 2.75) is 31.9 Å². The first-order valence-electron chi connectivity index (χ1n) is 6.53. The van der Waals surface area contributed by atoms with E-state index in [2.05, 4.69) is 23.7 Å². The van der Waals surface area contributed by atoms with E-state index in [1.807, 2.05) is 11.8 Å². The number of ether oxygens (including phenoxy) is 1. The maximum absolute atomic E-state index is 11.5. The maximum atomic E-state index is 11.5. The van der Waals surface area contributed by atoms with E-state index < -0.39 is 5.97 Å². The van der Waals surface area contributed by atoms with Crippen LogP contribution in [0.1, 0.15) is 37.7 Å². The predicted molar refractivity (Wildman–Crippen MR) is 75.8 cm³/mol. The first-order valence-corrected chi connectivity index (χ1v) is 7.52. The van der Waals surface area contributed by atoms with Gasteiger partial charge in [0.05, 0.1) is 6.61 Å². The highest BCUT2D eigenvalue weighted by atomic mass is 32.2. The molecule has 106 valence electrons. The highest BCUT2D eigenvalue weighted by Gasteiger charge is 2.26. The summed E-state index contributed by atoms with van der Waals surface area (Å²) in [5.74, 6) is 0.603. The summed E-state index contributed by atoms with van der Waals surface area (Å²) in [5, 5.41) is 0. The predicted octanol–water partition coefficient (Wildman–Crippen LogP) is 2.57. The van der Waals surface area contributed by atoms with Crippen LogP contribution in [0.2, 0.25) is 0 Å². The Bertz CT molecular complexity index is 445. The van der Waals surface area contributed by atoms with Gasteiger partial charge in [0.15, 0.2) is 5.69 Å². The average Bonchev–Trinajstić information content (AvgIpc) is 2.76.